The van der Waals surface area contributed by atoms with Crippen LogP contribution in [0.4, 0.5) is 11.6 Å². The maximum atomic E-state index is 12.9. The van der Waals surface area contributed by atoms with Crippen LogP contribution in [-0.2, 0) is 4.79 Å². The third-order valence-corrected chi connectivity index (χ3v) is 6.05. The highest BCUT2D eigenvalue weighted by Gasteiger charge is 2.42. The highest BCUT2D eigenvalue weighted by molar-refractivity contribution is 5.93. The molecule has 29 heavy (non-hydrogen) atoms. The normalized spacial score (nSPS) is 22.5. The van der Waals surface area contributed by atoms with E-state index in [1.54, 1.807) is 18.5 Å². The first-order chi connectivity index (χ1) is 14.2. The first-order valence-electron chi connectivity index (χ1n) is 10.6. The van der Waals surface area contributed by atoms with E-state index in [1.807, 2.05) is 18.2 Å². The number of nitrogens with one attached hydrogen (secondary N) is 1. The van der Waals surface area contributed by atoms with Gasteiger partial charge in [-0.25, -0.2) is 9.97 Å². The van der Waals surface area contributed by atoms with Crippen molar-refractivity contribution < 1.29 is 14.3 Å². The molecule has 1 N–H and O–H groups in total. The fraction of sp³-hybridized carbons (Fsp3) is 0.500. The van der Waals surface area contributed by atoms with E-state index in [1.165, 1.54) is 6.42 Å². The summed E-state index contributed by atoms with van der Waals surface area (Å²) < 4.78 is 12.3. The van der Waals surface area contributed by atoms with Gasteiger partial charge in [-0.05, 0) is 43.9 Å². The summed E-state index contributed by atoms with van der Waals surface area (Å²) in [4.78, 5) is 23.6. The van der Waals surface area contributed by atoms with Crippen LogP contribution in [-0.4, -0.2) is 34.8 Å². The van der Waals surface area contributed by atoms with Gasteiger partial charge in [0.2, 0.25) is 11.9 Å². The molecule has 0 bridgehead atoms. The molecule has 1 aromatic carbocycles. The van der Waals surface area contributed by atoms with Crippen molar-refractivity contribution in [3.63, 3.8) is 0 Å². The lowest BCUT2D eigenvalue weighted by Gasteiger charge is -2.31. The largest absolute Gasteiger partial charge is 0.448 e. The summed E-state index contributed by atoms with van der Waals surface area (Å²) >= 11 is 0. The van der Waals surface area contributed by atoms with E-state index in [0.717, 1.165) is 62.3 Å². The smallest absolute Gasteiger partial charge is 0.251 e. The molecule has 152 valence electrons. The van der Waals surface area contributed by atoms with E-state index in [2.05, 4.69) is 20.2 Å². The second kappa shape index (κ2) is 7.54. The quantitative estimate of drug-likeness (QED) is 0.854. The predicted molar refractivity (Wildman–Crippen MR) is 109 cm³/mol. The highest BCUT2D eigenvalue weighted by atomic mass is 16.7. The maximum absolute atomic E-state index is 12.9. The monoisotopic (exact) mass is 394 g/mol. The summed E-state index contributed by atoms with van der Waals surface area (Å²) in [5, 5.41) is 3.06. The SMILES string of the molecule is O=C(Nc1ccc2c(c1)OC1(CCCCC1)O2)C1CCCN(c2ncccn2)C1. The van der Waals surface area contributed by atoms with Gasteiger partial charge in [0.05, 0.1) is 5.92 Å². The second-order valence-corrected chi connectivity index (χ2v) is 8.16. The average molecular weight is 394 g/mol. The minimum absolute atomic E-state index is 0.0249. The number of hydrogen-bond donors (Lipinski definition) is 1. The van der Waals surface area contributed by atoms with Gasteiger partial charge < -0.3 is 19.7 Å². The maximum Gasteiger partial charge on any atom is 0.251 e. The minimum atomic E-state index is -0.497. The Hall–Kier alpha value is -2.83. The number of anilines is 2. The molecular formula is C22H26N4O3. The van der Waals surface area contributed by atoms with Crippen LogP contribution in [0, 0.1) is 5.92 Å². The Bertz CT molecular complexity index is 883. The molecule has 0 radical (unpaired) electrons. The van der Waals surface area contributed by atoms with Crippen molar-refractivity contribution in [2.24, 2.45) is 5.92 Å². The van der Waals surface area contributed by atoms with Crippen molar-refractivity contribution in [1.82, 2.24) is 9.97 Å². The van der Waals surface area contributed by atoms with E-state index in [9.17, 15) is 4.79 Å². The molecule has 1 atom stereocenters. The zero-order valence-corrected chi connectivity index (χ0v) is 16.5. The van der Waals surface area contributed by atoms with Crippen molar-refractivity contribution in [1.29, 1.82) is 0 Å². The number of ether oxygens (including phenoxy) is 2. The summed E-state index contributed by atoms with van der Waals surface area (Å²) in [6.45, 7) is 1.50. The van der Waals surface area contributed by atoms with Gasteiger partial charge in [0.25, 0.3) is 5.79 Å². The van der Waals surface area contributed by atoms with Crippen molar-refractivity contribution in [3.8, 4) is 11.5 Å². The minimum Gasteiger partial charge on any atom is -0.448 e. The van der Waals surface area contributed by atoms with Crippen molar-refractivity contribution in [2.45, 2.75) is 50.7 Å². The summed E-state index contributed by atoms with van der Waals surface area (Å²) in [5.41, 5.74) is 0.748. The zero-order chi connectivity index (χ0) is 19.7. The van der Waals surface area contributed by atoms with E-state index in [0.29, 0.717) is 12.5 Å². The summed E-state index contributed by atoms with van der Waals surface area (Å²) in [6.07, 6.45) is 10.6. The molecule has 1 saturated carbocycles. The van der Waals surface area contributed by atoms with Gasteiger partial charge >= 0.3 is 0 Å². The highest BCUT2D eigenvalue weighted by Crippen LogP contribution is 2.46. The van der Waals surface area contributed by atoms with E-state index in [4.69, 9.17) is 9.47 Å². The Morgan fingerprint density at radius 2 is 1.86 bits per heavy atom. The molecule has 1 aromatic heterocycles. The molecule has 2 fully saturated rings. The number of rotatable bonds is 3. The van der Waals surface area contributed by atoms with Gasteiger partial charge in [-0.1, -0.05) is 6.42 Å². The van der Waals surface area contributed by atoms with E-state index >= 15 is 0 Å². The summed E-state index contributed by atoms with van der Waals surface area (Å²) in [5.74, 6) is 1.62. The molecule has 2 aliphatic heterocycles. The summed E-state index contributed by atoms with van der Waals surface area (Å²) in [6, 6.07) is 7.48. The molecule has 2 aromatic rings. The Morgan fingerprint density at radius 1 is 1.07 bits per heavy atom. The molecule has 1 aliphatic carbocycles. The molecule has 1 saturated heterocycles. The third-order valence-electron chi connectivity index (χ3n) is 6.05. The van der Waals surface area contributed by atoms with Gasteiger partial charge in [-0.2, -0.15) is 0 Å². The van der Waals surface area contributed by atoms with Crippen LogP contribution in [0.15, 0.2) is 36.7 Å². The van der Waals surface area contributed by atoms with Gasteiger partial charge in [0.1, 0.15) is 0 Å². The number of amides is 1. The van der Waals surface area contributed by atoms with Crippen LogP contribution in [0.3, 0.4) is 0 Å². The molecule has 3 aliphatic rings. The number of carbonyl (C=O) groups is 1. The van der Waals surface area contributed by atoms with Crippen LogP contribution >= 0.6 is 0 Å². The Balaban J connectivity index is 1.24. The lowest BCUT2D eigenvalue weighted by molar-refractivity contribution is -0.120. The first kappa shape index (κ1) is 18.2. The molecule has 7 nitrogen and oxygen atoms in total. The van der Waals surface area contributed by atoms with Gasteiger partial charge in [-0.3, -0.25) is 4.79 Å². The van der Waals surface area contributed by atoms with Crippen LogP contribution in [0.25, 0.3) is 0 Å². The standard InChI is InChI=1S/C22H26N4O3/c27-20(16-6-4-13-26(15-16)21-23-11-5-12-24-21)25-17-7-8-18-19(14-17)29-22(28-18)9-2-1-3-10-22/h5,7-8,11-12,14,16H,1-4,6,9-10,13,15H2,(H,25,27). The van der Waals surface area contributed by atoms with Crippen LogP contribution in [0.5, 0.6) is 11.5 Å². The number of hydrogen-bond acceptors (Lipinski definition) is 6. The molecular weight excluding hydrogens is 368 g/mol. The molecule has 3 heterocycles. The van der Waals surface area contributed by atoms with Gasteiger partial charge in [0.15, 0.2) is 11.5 Å². The third kappa shape index (κ3) is 3.73. The lowest BCUT2D eigenvalue weighted by atomic mass is 9.94. The molecule has 1 amide bonds. The van der Waals surface area contributed by atoms with Gasteiger partial charge in [-0.15, -0.1) is 0 Å². The fourth-order valence-corrected chi connectivity index (χ4v) is 4.54. The molecule has 5 rings (SSSR count). The molecule has 7 heteroatoms. The van der Waals surface area contributed by atoms with Crippen molar-refractivity contribution in [2.75, 3.05) is 23.3 Å². The zero-order valence-electron chi connectivity index (χ0n) is 16.5. The van der Waals surface area contributed by atoms with Crippen LogP contribution in [0.1, 0.15) is 44.9 Å². The number of piperidine rings is 1. The number of fused-ring (bicyclic) bond motifs is 1. The first-order valence-corrected chi connectivity index (χ1v) is 10.6. The number of benzene rings is 1. The fourth-order valence-electron chi connectivity index (χ4n) is 4.54. The van der Waals surface area contributed by atoms with Crippen molar-refractivity contribution >= 4 is 17.5 Å². The van der Waals surface area contributed by atoms with Gasteiger partial charge in [0, 0.05) is 50.1 Å². The van der Waals surface area contributed by atoms with Crippen molar-refractivity contribution in [3.05, 3.63) is 36.7 Å². The van der Waals surface area contributed by atoms with E-state index < -0.39 is 5.79 Å². The lowest BCUT2D eigenvalue weighted by Crippen LogP contribution is -2.41. The summed E-state index contributed by atoms with van der Waals surface area (Å²) in [7, 11) is 0. The molecule has 1 unspecified atom stereocenters. The van der Waals surface area contributed by atoms with Crippen LogP contribution in [0.2, 0.25) is 0 Å². The number of nitrogens with zero attached hydrogens (tertiary/aromatic N) is 3. The Morgan fingerprint density at radius 3 is 2.69 bits per heavy atom. The second-order valence-electron chi connectivity index (χ2n) is 8.16. The molecule has 1 spiro atoms. The Kier molecular flexibility index (Phi) is 4.73. The van der Waals surface area contributed by atoms with Crippen LogP contribution < -0.4 is 19.7 Å². The Labute approximate surface area is 170 Å². The topological polar surface area (TPSA) is 76.6 Å². The van der Waals surface area contributed by atoms with E-state index in [-0.39, 0.29) is 11.8 Å². The number of aromatic nitrogens is 2. The number of carbonyl (C=O) groups excluding carboxylic acids is 1. The average Bonchev–Trinajstić information content (AvgIpc) is 3.11. The predicted octanol–water partition coefficient (Wildman–Crippen LogP) is 3.76.